The number of hydrogen-bond acceptors (Lipinski definition) is 3. The highest BCUT2D eigenvalue weighted by atomic mass is 16.3. The topological polar surface area (TPSA) is 72.3 Å². The summed E-state index contributed by atoms with van der Waals surface area (Å²) in [5.41, 5.74) is 14.6. The Balaban J connectivity index is 2.11. The molecule has 0 heterocycles. The largest absolute Gasteiger partial charge is 0.399 e. The van der Waals surface area contributed by atoms with Gasteiger partial charge in [0.1, 0.15) is 0 Å². The van der Waals surface area contributed by atoms with Gasteiger partial charge in [-0.2, -0.15) is 0 Å². The summed E-state index contributed by atoms with van der Waals surface area (Å²) in [7, 11) is 0. The van der Waals surface area contributed by atoms with Crippen LogP contribution >= 0.6 is 0 Å². The van der Waals surface area contributed by atoms with E-state index in [2.05, 4.69) is 0 Å². The lowest BCUT2D eigenvalue weighted by atomic mass is 10.0. The van der Waals surface area contributed by atoms with E-state index in [1.807, 2.05) is 36.4 Å². The zero-order valence-electron chi connectivity index (χ0n) is 9.51. The molecule has 0 fully saturated rings. The molecular weight excluding hydrogens is 212 g/mol. The number of rotatable bonds is 3. The summed E-state index contributed by atoms with van der Waals surface area (Å²) in [5, 5.41) is 10.1. The van der Waals surface area contributed by atoms with Gasteiger partial charge in [-0.05, 0) is 35.4 Å². The highest BCUT2D eigenvalue weighted by Crippen LogP contribution is 2.20. The minimum atomic E-state index is -0.540. The van der Waals surface area contributed by atoms with Gasteiger partial charge < -0.3 is 16.6 Å². The molecule has 0 aliphatic carbocycles. The van der Waals surface area contributed by atoms with Crippen LogP contribution in [0.2, 0.25) is 0 Å². The Kier molecular flexibility index (Phi) is 3.30. The average molecular weight is 228 g/mol. The van der Waals surface area contributed by atoms with Crippen LogP contribution in [0, 0.1) is 0 Å². The number of nitrogen functional groups attached to an aromatic ring is 2. The lowest BCUT2D eigenvalue weighted by Crippen LogP contribution is -2.02. The number of hydrogen-bond donors (Lipinski definition) is 3. The lowest BCUT2D eigenvalue weighted by molar-refractivity contribution is 0.178. The average Bonchev–Trinajstić information content (AvgIpc) is 2.32. The third-order valence-electron chi connectivity index (χ3n) is 2.70. The predicted molar refractivity (Wildman–Crippen MR) is 70.4 cm³/mol. The smallest absolute Gasteiger partial charge is 0.0831 e. The van der Waals surface area contributed by atoms with Gasteiger partial charge in [0, 0.05) is 17.8 Å². The van der Waals surface area contributed by atoms with E-state index in [4.69, 9.17) is 11.5 Å². The number of nitrogens with two attached hydrogens (primary N) is 2. The van der Waals surface area contributed by atoms with Gasteiger partial charge in [-0.1, -0.05) is 24.3 Å². The minimum absolute atomic E-state index is 0.540. The molecule has 0 radical (unpaired) electrons. The van der Waals surface area contributed by atoms with Crippen LogP contribution in [0.5, 0.6) is 0 Å². The second-order valence-electron chi connectivity index (χ2n) is 4.13. The highest BCUT2D eigenvalue weighted by molar-refractivity contribution is 5.42. The normalized spacial score (nSPS) is 12.3. The van der Waals surface area contributed by atoms with Crippen molar-refractivity contribution in [2.24, 2.45) is 0 Å². The molecule has 0 aliphatic heterocycles. The monoisotopic (exact) mass is 228 g/mol. The summed E-state index contributed by atoms with van der Waals surface area (Å²) in [4.78, 5) is 0. The van der Waals surface area contributed by atoms with Crippen molar-refractivity contribution < 1.29 is 5.11 Å². The Morgan fingerprint density at radius 1 is 0.941 bits per heavy atom. The summed E-state index contributed by atoms with van der Waals surface area (Å²) in [6, 6.07) is 14.8. The van der Waals surface area contributed by atoms with Crippen molar-refractivity contribution >= 4 is 11.4 Å². The van der Waals surface area contributed by atoms with E-state index in [-0.39, 0.29) is 0 Å². The maximum atomic E-state index is 10.1. The molecule has 2 aromatic carbocycles. The number of anilines is 2. The SMILES string of the molecule is Nc1ccc(CC(O)c2cccc(N)c2)cc1. The van der Waals surface area contributed by atoms with Gasteiger partial charge in [0.2, 0.25) is 0 Å². The zero-order chi connectivity index (χ0) is 12.3. The molecule has 0 bridgehead atoms. The van der Waals surface area contributed by atoms with Gasteiger partial charge in [0.25, 0.3) is 0 Å². The van der Waals surface area contributed by atoms with Gasteiger partial charge in [-0.25, -0.2) is 0 Å². The third-order valence-corrected chi connectivity index (χ3v) is 2.70. The molecule has 17 heavy (non-hydrogen) atoms. The molecule has 2 rings (SSSR count). The van der Waals surface area contributed by atoms with E-state index >= 15 is 0 Å². The van der Waals surface area contributed by atoms with Crippen LogP contribution in [0.4, 0.5) is 11.4 Å². The molecule has 1 atom stereocenters. The van der Waals surface area contributed by atoms with Crippen LogP contribution in [0.3, 0.4) is 0 Å². The molecule has 0 aliphatic rings. The first-order valence-electron chi connectivity index (χ1n) is 5.53. The number of aliphatic hydroxyl groups excluding tert-OH is 1. The van der Waals surface area contributed by atoms with E-state index in [0.717, 1.165) is 16.8 Å². The molecule has 0 aromatic heterocycles. The molecule has 0 spiro atoms. The third kappa shape index (κ3) is 2.98. The van der Waals surface area contributed by atoms with Gasteiger partial charge in [-0.15, -0.1) is 0 Å². The Morgan fingerprint density at radius 3 is 2.29 bits per heavy atom. The summed E-state index contributed by atoms with van der Waals surface area (Å²) in [6.45, 7) is 0. The van der Waals surface area contributed by atoms with Crippen molar-refractivity contribution in [3.05, 3.63) is 59.7 Å². The van der Waals surface area contributed by atoms with Crippen molar-refractivity contribution in [3.63, 3.8) is 0 Å². The quantitative estimate of drug-likeness (QED) is 0.705. The Hall–Kier alpha value is -2.00. The molecule has 2 aromatic rings. The predicted octanol–water partition coefficient (Wildman–Crippen LogP) is 2.13. The van der Waals surface area contributed by atoms with Gasteiger partial charge in [0.15, 0.2) is 0 Å². The van der Waals surface area contributed by atoms with Crippen LogP contribution in [0.25, 0.3) is 0 Å². The summed E-state index contributed by atoms with van der Waals surface area (Å²) >= 11 is 0. The van der Waals surface area contributed by atoms with Crippen molar-refractivity contribution in [3.8, 4) is 0 Å². The van der Waals surface area contributed by atoms with Crippen molar-refractivity contribution in [2.45, 2.75) is 12.5 Å². The molecule has 3 nitrogen and oxygen atoms in total. The van der Waals surface area contributed by atoms with Gasteiger partial charge in [0.05, 0.1) is 6.10 Å². The molecule has 88 valence electrons. The van der Waals surface area contributed by atoms with Crippen LogP contribution in [-0.2, 0) is 6.42 Å². The first kappa shape index (κ1) is 11.5. The lowest BCUT2D eigenvalue weighted by Gasteiger charge is -2.11. The molecule has 0 saturated heterocycles. The van der Waals surface area contributed by atoms with Crippen LogP contribution in [-0.4, -0.2) is 5.11 Å². The second-order valence-corrected chi connectivity index (χ2v) is 4.13. The molecule has 0 amide bonds. The van der Waals surface area contributed by atoms with E-state index in [1.54, 1.807) is 12.1 Å². The van der Waals surface area contributed by atoms with Crippen molar-refractivity contribution in [1.82, 2.24) is 0 Å². The number of benzene rings is 2. The van der Waals surface area contributed by atoms with Crippen LogP contribution in [0.15, 0.2) is 48.5 Å². The Labute approximate surface area is 101 Å². The highest BCUT2D eigenvalue weighted by Gasteiger charge is 2.08. The van der Waals surface area contributed by atoms with E-state index in [0.29, 0.717) is 12.1 Å². The first-order chi connectivity index (χ1) is 8.15. The van der Waals surface area contributed by atoms with E-state index < -0.39 is 6.10 Å². The first-order valence-corrected chi connectivity index (χ1v) is 5.53. The Morgan fingerprint density at radius 2 is 1.65 bits per heavy atom. The van der Waals surface area contributed by atoms with Crippen molar-refractivity contribution in [1.29, 1.82) is 0 Å². The van der Waals surface area contributed by atoms with Crippen LogP contribution in [0.1, 0.15) is 17.2 Å². The number of aliphatic hydroxyl groups is 1. The standard InChI is InChI=1S/C14H16N2O/c15-12-6-4-10(5-7-12)8-14(17)11-2-1-3-13(16)9-11/h1-7,9,14,17H,8,15-16H2. The van der Waals surface area contributed by atoms with Gasteiger partial charge in [-0.3, -0.25) is 0 Å². The van der Waals surface area contributed by atoms with Gasteiger partial charge >= 0.3 is 0 Å². The maximum Gasteiger partial charge on any atom is 0.0831 e. The fourth-order valence-corrected chi connectivity index (χ4v) is 1.76. The molecule has 1 unspecified atom stereocenters. The summed E-state index contributed by atoms with van der Waals surface area (Å²) in [5.74, 6) is 0. The van der Waals surface area contributed by atoms with E-state index in [1.165, 1.54) is 0 Å². The minimum Gasteiger partial charge on any atom is -0.399 e. The fraction of sp³-hybridized carbons (Fsp3) is 0.143. The van der Waals surface area contributed by atoms with Crippen LogP contribution < -0.4 is 11.5 Å². The molecular formula is C14H16N2O. The summed E-state index contributed by atoms with van der Waals surface area (Å²) < 4.78 is 0. The molecule has 5 N–H and O–H groups in total. The van der Waals surface area contributed by atoms with Crippen molar-refractivity contribution in [2.75, 3.05) is 11.5 Å². The van der Waals surface area contributed by atoms with E-state index in [9.17, 15) is 5.11 Å². The summed E-state index contributed by atoms with van der Waals surface area (Å²) in [6.07, 6.45) is 0.0196. The fourth-order valence-electron chi connectivity index (χ4n) is 1.76. The molecule has 0 saturated carbocycles. The Bertz CT molecular complexity index is 494. The molecule has 3 heteroatoms. The zero-order valence-corrected chi connectivity index (χ0v) is 9.51. The maximum absolute atomic E-state index is 10.1. The second kappa shape index (κ2) is 4.89.